The Kier molecular flexibility index (Phi) is 6.11. The van der Waals surface area contributed by atoms with Crippen LogP contribution in [0, 0.1) is 11.7 Å². The third kappa shape index (κ3) is 5.04. The number of hydrogen-bond acceptors (Lipinski definition) is 3. The SMILES string of the molecule is COc1ccc(C(=O)N[C@H](C(=O)Nc2ccc(F)cc2)C(C)C)cc1. The molecule has 1 atom stereocenters. The summed E-state index contributed by atoms with van der Waals surface area (Å²) in [5.74, 6) is -0.570. The van der Waals surface area contributed by atoms with Gasteiger partial charge in [-0.3, -0.25) is 9.59 Å². The Morgan fingerprint density at radius 2 is 1.60 bits per heavy atom. The molecule has 0 aliphatic carbocycles. The first-order chi connectivity index (χ1) is 11.9. The lowest BCUT2D eigenvalue weighted by atomic mass is 10.0. The molecule has 6 heteroatoms. The summed E-state index contributed by atoms with van der Waals surface area (Å²) in [6.07, 6.45) is 0. The molecular weight excluding hydrogens is 323 g/mol. The topological polar surface area (TPSA) is 67.4 Å². The van der Waals surface area contributed by atoms with Gasteiger partial charge in [-0.05, 0) is 54.4 Å². The van der Waals surface area contributed by atoms with E-state index in [4.69, 9.17) is 4.74 Å². The fourth-order valence-corrected chi connectivity index (χ4v) is 2.26. The number of ether oxygens (including phenoxy) is 1. The Morgan fingerprint density at radius 3 is 2.12 bits per heavy atom. The van der Waals surface area contributed by atoms with Gasteiger partial charge in [-0.15, -0.1) is 0 Å². The fourth-order valence-electron chi connectivity index (χ4n) is 2.26. The molecule has 132 valence electrons. The Hall–Kier alpha value is -2.89. The predicted molar refractivity (Wildman–Crippen MR) is 94.1 cm³/mol. The fraction of sp³-hybridized carbons (Fsp3) is 0.263. The maximum absolute atomic E-state index is 12.9. The van der Waals surface area contributed by atoms with Gasteiger partial charge in [0.1, 0.15) is 17.6 Å². The summed E-state index contributed by atoms with van der Waals surface area (Å²) in [6, 6.07) is 11.3. The van der Waals surface area contributed by atoms with Crippen LogP contribution in [0.3, 0.4) is 0 Å². The maximum atomic E-state index is 12.9. The van der Waals surface area contributed by atoms with Crippen LogP contribution in [-0.2, 0) is 4.79 Å². The summed E-state index contributed by atoms with van der Waals surface area (Å²) in [5.41, 5.74) is 0.900. The van der Waals surface area contributed by atoms with Crippen LogP contribution < -0.4 is 15.4 Å². The molecule has 25 heavy (non-hydrogen) atoms. The third-order valence-corrected chi connectivity index (χ3v) is 3.70. The number of methoxy groups -OCH3 is 1. The summed E-state index contributed by atoms with van der Waals surface area (Å²) >= 11 is 0. The van der Waals surface area contributed by atoms with Gasteiger partial charge in [0, 0.05) is 11.3 Å². The van der Waals surface area contributed by atoms with Crippen molar-refractivity contribution < 1.29 is 18.7 Å². The Labute approximate surface area is 146 Å². The molecule has 0 aromatic heterocycles. The van der Waals surface area contributed by atoms with Crippen LogP contribution in [0.15, 0.2) is 48.5 Å². The van der Waals surface area contributed by atoms with Crippen molar-refractivity contribution in [3.63, 3.8) is 0 Å². The Balaban J connectivity index is 2.07. The van der Waals surface area contributed by atoms with Gasteiger partial charge in [0.05, 0.1) is 7.11 Å². The molecule has 0 saturated carbocycles. The van der Waals surface area contributed by atoms with E-state index < -0.39 is 6.04 Å². The van der Waals surface area contributed by atoms with Gasteiger partial charge < -0.3 is 15.4 Å². The van der Waals surface area contributed by atoms with E-state index >= 15 is 0 Å². The molecule has 0 unspecified atom stereocenters. The molecule has 0 spiro atoms. The van der Waals surface area contributed by atoms with Crippen molar-refractivity contribution in [2.45, 2.75) is 19.9 Å². The highest BCUT2D eigenvalue weighted by Crippen LogP contribution is 2.14. The molecule has 2 aromatic rings. The lowest BCUT2D eigenvalue weighted by Gasteiger charge is -2.22. The minimum absolute atomic E-state index is 0.123. The van der Waals surface area contributed by atoms with E-state index in [9.17, 15) is 14.0 Å². The van der Waals surface area contributed by atoms with Gasteiger partial charge in [0.25, 0.3) is 5.91 Å². The zero-order valence-electron chi connectivity index (χ0n) is 14.4. The number of nitrogens with one attached hydrogen (secondary N) is 2. The highest BCUT2D eigenvalue weighted by Gasteiger charge is 2.24. The van der Waals surface area contributed by atoms with Crippen molar-refractivity contribution in [3.05, 3.63) is 59.9 Å². The number of halogens is 1. The molecule has 5 nitrogen and oxygen atoms in total. The van der Waals surface area contributed by atoms with Crippen LogP contribution in [0.5, 0.6) is 5.75 Å². The molecule has 2 rings (SSSR count). The highest BCUT2D eigenvalue weighted by atomic mass is 19.1. The number of amides is 2. The zero-order valence-corrected chi connectivity index (χ0v) is 14.4. The van der Waals surface area contributed by atoms with Crippen molar-refractivity contribution in [3.8, 4) is 5.75 Å². The molecule has 0 fully saturated rings. The van der Waals surface area contributed by atoms with Crippen LogP contribution in [-0.4, -0.2) is 25.0 Å². The average molecular weight is 344 g/mol. The summed E-state index contributed by atoms with van der Waals surface area (Å²) in [5, 5.41) is 5.42. The molecule has 0 saturated heterocycles. The quantitative estimate of drug-likeness (QED) is 0.845. The zero-order chi connectivity index (χ0) is 18.4. The highest BCUT2D eigenvalue weighted by molar-refractivity contribution is 6.01. The number of hydrogen-bond donors (Lipinski definition) is 2. The van der Waals surface area contributed by atoms with E-state index in [0.29, 0.717) is 17.0 Å². The molecule has 2 aromatic carbocycles. The Bertz CT molecular complexity index is 727. The number of carbonyl (C=O) groups is 2. The normalized spacial score (nSPS) is 11.7. The number of benzene rings is 2. The largest absolute Gasteiger partial charge is 0.497 e. The van der Waals surface area contributed by atoms with Crippen LogP contribution in [0.25, 0.3) is 0 Å². The van der Waals surface area contributed by atoms with Gasteiger partial charge in [-0.2, -0.15) is 0 Å². The first-order valence-corrected chi connectivity index (χ1v) is 7.92. The van der Waals surface area contributed by atoms with Crippen LogP contribution >= 0.6 is 0 Å². The van der Waals surface area contributed by atoms with E-state index in [1.807, 2.05) is 13.8 Å². The molecular formula is C19H21FN2O3. The second-order valence-electron chi connectivity index (χ2n) is 5.92. The minimum atomic E-state index is -0.723. The van der Waals surface area contributed by atoms with Crippen molar-refractivity contribution in [2.24, 2.45) is 5.92 Å². The summed E-state index contributed by atoms with van der Waals surface area (Å²) < 4.78 is 18.0. The van der Waals surface area contributed by atoms with Crippen LogP contribution in [0.2, 0.25) is 0 Å². The van der Waals surface area contributed by atoms with Crippen LogP contribution in [0.1, 0.15) is 24.2 Å². The van der Waals surface area contributed by atoms with E-state index in [2.05, 4.69) is 10.6 Å². The third-order valence-electron chi connectivity index (χ3n) is 3.70. The van der Waals surface area contributed by atoms with E-state index in [1.165, 1.54) is 24.3 Å². The van der Waals surface area contributed by atoms with Crippen molar-refractivity contribution in [1.29, 1.82) is 0 Å². The standard InChI is InChI=1S/C19H21FN2O3/c1-12(2)17(19(24)21-15-8-6-14(20)7-9-15)22-18(23)13-4-10-16(25-3)11-5-13/h4-12,17H,1-3H3,(H,21,24)(H,22,23)/t17-/m0/s1. The molecule has 0 aliphatic rings. The second-order valence-corrected chi connectivity index (χ2v) is 5.92. The van der Waals surface area contributed by atoms with E-state index in [1.54, 1.807) is 31.4 Å². The second kappa shape index (κ2) is 8.28. The monoisotopic (exact) mass is 344 g/mol. The molecule has 0 radical (unpaired) electrons. The molecule has 0 aliphatic heterocycles. The van der Waals surface area contributed by atoms with Gasteiger partial charge in [-0.1, -0.05) is 13.8 Å². The summed E-state index contributed by atoms with van der Waals surface area (Å²) in [4.78, 5) is 24.8. The molecule has 2 N–H and O–H groups in total. The number of anilines is 1. The first kappa shape index (κ1) is 18.4. The van der Waals surface area contributed by atoms with Gasteiger partial charge >= 0.3 is 0 Å². The number of rotatable bonds is 6. The first-order valence-electron chi connectivity index (χ1n) is 7.92. The lowest BCUT2D eigenvalue weighted by molar-refractivity contribution is -0.118. The lowest BCUT2D eigenvalue weighted by Crippen LogP contribution is -2.47. The van der Waals surface area contributed by atoms with Crippen molar-refractivity contribution >= 4 is 17.5 Å². The Morgan fingerprint density at radius 1 is 1.00 bits per heavy atom. The van der Waals surface area contributed by atoms with Crippen molar-refractivity contribution in [1.82, 2.24) is 5.32 Å². The predicted octanol–water partition coefficient (Wildman–Crippen LogP) is 3.23. The van der Waals surface area contributed by atoms with Gasteiger partial charge in [0.2, 0.25) is 5.91 Å². The van der Waals surface area contributed by atoms with Gasteiger partial charge in [0.15, 0.2) is 0 Å². The molecule has 0 bridgehead atoms. The van der Waals surface area contributed by atoms with E-state index in [-0.39, 0.29) is 23.5 Å². The van der Waals surface area contributed by atoms with Crippen LogP contribution in [0.4, 0.5) is 10.1 Å². The molecule has 0 heterocycles. The minimum Gasteiger partial charge on any atom is -0.497 e. The smallest absolute Gasteiger partial charge is 0.251 e. The van der Waals surface area contributed by atoms with Gasteiger partial charge in [-0.25, -0.2) is 4.39 Å². The van der Waals surface area contributed by atoms with Crippen molar-refractivity contribution in [2.75, 3.05) is 12.4 Å². The summed E-state index contributed by atoms with van der Waals surface area (Å²) in [6.45, 7) is 3.67. The molecule has 2 amide bonds. The summed E-state index contributed by atoms with van der Waals surface area (Å²) in [7, 11) is 1.55. The number of carbonyl (C=O) groups excluding carboxylic acids is 2. The maximum Gasteiger partial charge on any atom is 0.251 e. The van der Waals surface area contributed by atoms with E-state index in [0.717, 1.165) is 0 Å². The average Bonchev–Trinajstić information content (AvgIpc) is 2.61.